The Morgan fingerprint density at radius 3 is 2.77 bits per heavy atom. The number of aliphatic hydroxyl groups is 1. The van der Waals surface area contributed by atoms with Crippen molar-refractivity contribution < 1.29 is 23.1 Å². The third-order valence-corrected chi connectivity index (χ3v) is 4.95. The van der Waals surface area contributed by atoms with Gasteiger partial charge in [0.2, 0.25) is 11.5 Å². The molecule has 1 amide bonds. The summed E-state index contributed by atoms with van der Waals surface area (Å²) in [7, 11) is 1.31. The maximum absolute atomic E-state index is 13.6. The lowest BCUT2D eigenvalue weighted by molar-refractivity contribution is -0.270. The predicted molar refractivity (Wildman–Crippen MR) is 100 cm³/mol. The SMILES string of the molecule is Cn1ccnc1C(O)(CC(=O)Nc1cccc(-c2n[nH]c(C3CC3)n2)c1)C(F)(F)F. The number of carbonyl (C=O) groups is 1. The zero-order chi connectivity index (χ0) is 21.5. The number of hydrogen-bond donors (Lipinski definition) is 3. The van der Waals surface area contributed by atoms with Crippen LogP contribution in [0.3, 0.4) is 0 Å². The quantitative estimate of drug-likeness (QED) is 0.568. The normalized spacial score (nSPS) is 16.3. The minimum atomic E-state index is -5.09. The zero-order valence-electron chi connectivity index (χ0n) is 15.9. The molecule has 1 saturated carbocycles. The second kappa shape index (κ2) is 7.24. The van der Waals surface area contributed by atoms with Crippen LogP contribution in [0.1, 0.15) is 36.8 Å². The van der Waals surface area contributed by atoms with Crippen molar-refractivity contribution in [3.05, 3.63) is 48.3 Å². The van der Waals surface area contributed by atoms with Gasteiger partial charge in [0.25, 0.3) is 0 Å². The third kappa shape index (κ3) is 3.80. The summed E-state index contributed by atoms with van der Waals surface area (Å²) in [5, 5.41) is 19.8. The van der Waals surface area contributed by atoms with Gasteiger partial charge in [-0.15, -0.1) is 0 Å². The van der Waals surface area contributed by atoms with Crippen molar-refractivity contribution in [1.82, 2.24) is 24.7 Å². The second-order valence-electron chi connectivity index (χ2n) is 7.34. The van der Waals surface area contributed by atoms with Crippen molar-refractivity contribution in [2.24, 2.45) is 7.05 Å². The van der Waals surface area contributed by atoms with Crippen LogP contribution in [0, 0.1) is 0 Å². The molecule has 0 aliphatic heterocycles. The van der Waals surface area contributed by atoms with Gasteiger partial charge in [-0.05, 0) is 25.0 Å². The van der Waals surface area contributed by atoms with Crippen molar-refractivity contribution >= 4 is 11.6 Å². The molecule has 30 heavy (non-hydrogen) atoms. The lowest BCUT2D eigenvalue weighted by atomic mass is 9.97. The first-order valence-corrected chi connectivity index (χ1v) is 9.27. The first-order chi connectivity index (χ1) is 14.2. The summed E-state index contributed by atoms with van der Waals surface area (Å²) in [6.07, 6.45) is -1.83. The number of H-pyrrole nitrogens is 1. The van der Waals surface area contributed by atoms with Crippen molar-refractivity contribution in [3.63, 3.8) is 0 Å². The highest BCUT2D eigenvalue weighted by molar-refractivity contribution is 5.92. The first kappa shape index (κ1) is 20.1. The molecule has 3 N–H and O–H groups in total. The van der Waals surface area contributed by atoms with Crippen LogP contribution >= 0.6 is 0 Å². The Morgan fingerprint density at radius 2 is 2.13 bits per heavy atom. The molecule has 1 aliphatic rings. The summed E-state index contributed by atoms with van der Waals surface area (Å²) in [6, 6.07) is 6.46. The highest BCUT2D eigenvalue weighted by Crippen LogP contribution is 2.41. The third-order valence-electron chi connectivity index (χ3n) is 4.95. The number of aromatic nitrogens is 5. The van der Waals surface area contributed by atoms with Gasteiger partial charge in [-0.2, -0.15) is 18.3 Å². The van der Waals surface area contributed by atoms with Gasteiger partial charge in [0, 0.05) is 36.6 Å². The maximum Gasteiger partial charge on any atom is 0.425 e. The number of amides is 1. The van der Waals surface area contributed by atoms with Crippen LogP contribution in [0.4, 0.5) is 18.9 Å². The van der Waals surface area contributed by atoms with E-state index >= 15 is 0 Å². The molecule has 2 heterocycles. The van der Waals surface area contributed by atoms with Crippen molar-refractivity contribution in [2.75, 3.05) is 5.32 Å². The number of alkyl halides is 3. The standard InChI is InChI=1S/C19H19F3N6O2/c1-28-8-7-23-17(28)18(30,19(20,21)22)10-14(29)24-13-4-2-3-12(9-13)16-25-15(26-27-16)11-5-6-11/h2-4,7-9,11,30H,5-6,10H2,1H3,(H,24,29)(H,25,26,27). The predicted octanol–water partition coefficient (Wildman–Crippen LogP) is 2.86. The summed E-state index contributed by atoms with van der Waals surface area (Å²) in [6.45, 7) is 0. The Labute approximate surface area is 169 Å². The van der Waals surface area contributed by atoms with E-state index in [1.165, 1.54) is 19.3 Å². The molecule has 1 aliphatic carbocycles. The van der Waals surface area contributed by atoms with Crippen LogP contribution in [0.2, 0.25) is 0 Å². The smallest absolute Gasteiger partial charge is 0.374 e. The van der Waals surface area contributed by atoms with Gasteiger partial charge >= 0.3 is 6.18 Å². The molecular weight excluding hydrogens is 401 g/mol. The van der Waals surface area contributed by atoms with Crippen LogP contribution < -0.4 is 5.32 Å². The molecule has 1 unspecified atom stereocenters. The Morgan fingerprint density at radius 1 is 1.37 bits per heavy atom. The molecular formula is C19H19F3N6O2. The van der Waals surface area contributed by atoms with Crippen LogP contribution in [0.25, 0.3) is 11.4 Å². The van der Waals surface area contributed by atoms with E-state index in [0.717, 1.165) is 29.4 Å². The Bertz CT molecular complexity index is 1070. The van der Waals surface area contributed by atoms with Gasteiger partial charge in [0.1, 0.15) is 5.82 Å². The number of aromatic amines is 1. The number of rotatable bonds is 6. The van der Waals surface area contributed by atoms with Gasteiger partial charge in [-0.1, -0.05) is 12.1 Å². The molecule has 2 aromatic heterocycles. The largest absolute Gasteiger partial charge is 0.425 e. The second-order valence-corrected chi connectivity index (χ2v) is 7.34. The number of carbonyl (C=O) groups excluding carboxylic acids is 1. The minimum Gasteiger partial charge on any atom is -0.374 e. The molecule has 0 bridgehead atoms. The van der Waals surface area contributed by atoms with Gasteiger partial charge in [0.05, 0.1) is 6.42 Å². The Hall–Kier alpha value is -3.21. The van der Waals surface area contributed by atoms with E-state index in [9.17, 15) is 23.1 Å². The van der Waals surface area contributed by atoms with E-state index in [2.05, 4.69) is 25.5 Å². The topological polar surface area (TPSA) is 109 Å². The zero-order valence-corrected chi connectivity index (χ0v) is 15.9. The fourth-order valence-electron chi connectivity index (χ4n) is 3.19. The van der Waals surface area contributed by atoms with Crippen LogP contribution in [-0.2, 0) is 17.4 Å². The highest BCUT2D eigenvalue weighted by Gasteiger charge is 2.58. The molecule has 11 heteroatoms. The van der Waals surface area contributed by atoms with Crippen LogP contribution in [-0.4, -0.2) is 41.9 Å². The monoisotopic (exact) mass is 420 g/mol. The number of benzene rings is 1. The molecule has 1 aromatic carbocycles. The molecule has 3 aromatic rings. The number of nitrogens with zero attached hydrogens (tertiary/aromatic N) is 4. The summed E-state index contributed by atoms with van der Waals surface area (Å²) < 4.78 is 41.8. The summed E-state index contributed by atoms with van der Waals surface area (Å²) in [5.74, 6) is -0.0475. The van der Waals surface area contributed by atoms with Gasteiger partial charge in [-0.25, -0.2) is 9.97 Å². The summed E-state index contributed by atoms with van der Waals surface area (Å²) in [4.78, 5) is 20.4. The van der Waals surface area contributed by atoms with E-state index in [0.29, 0.717) is 17.3 Å². The Kier molecular flexibility index (Phi) is 4.85. The van der Waals surface area contributed by atoms with Crippen LogP contribution in [0.15, 0.2) is 36.7 Å². The van der Waals surface area contributed by atoms with E-state index in [4.69, 9.17) is 0 Å². The maximum atomic E-state index is 13.6. The molecule has 1 fully saturated rings. The molecule has 4 rings (SSSR count). The van der Waals surface area contributed by atoms with Crippen LogP contribution in [0.5, 0.6) is 0 Å². The number of nitrogens with one attached hydrogen (secondary N) is 2. The molecule has 0 radical (unpaired) electrons. The summed E-state index contributed by atoms with van der Waals surface area (Å²) >= 11 is 0. The molecule has 0 saturated heterocycles. The average molecular weight is 420 g/mol. The number of anilines is 1. The van der Waals surface area contributed by atoms with E-state index in [-0.39, 0.29) is 5.69 Å². The van der Waals surface area contributed by atoms with E-state index in [1.54, 1.807) is 18.2 Å². The van der Waals surface area contributed by atoms with E-state index < -0.39 is 29.9 Å². The van der Waals surface area contributed by atoms with E-state index in [1.807, 2.05) is 0 Å². The number of aryl methyl sites for hydroxylation is 1. The van der Waals surface area contributed by atoms with Gasteiger partial charge in [0.15, 0.2) is 11.6 Å². The van der Waals surface area contributed by atoms with Crippen molar-refractivity contribution in [2.45, 2.75) is 37.0 Å². The Balaban J connectivity index is 1.52. The average Bonchev–Trinajstić information content (AvgIpc) is 3.23. The summed E-state index contributed by atoms with van der Waals surface area (Å²) in [5.41, 5.74) is -2.55. The highest BCUT2D eigenvalue weighted by atomic mass is 19.4. The number of imidazole rings is 1. The lowest BCUT2D eigenvalue weighted by Gasteiger charge is -2.29. The fourth-order valence-corrected chi connectivity index (χ4v) is 3.19. The van der Waals surface area contributed by atoms with Gasteiger partial charge < -0.3 is 15.0 Å². The van der Waals surface area contributed by atoms with Crippen molar-refractivity contribution in [1.29, 1.82) is 0 Å². The molecule has 158 valence electrons. The van der Waals surface area contributed by atoms with Crippen molar-refractivity contribution in [3.8, 4) is 11.4 Å². The number of hydrogen-bond acceptors (Lipinski definition) is 5. The minimum absolute atomic E-state index is 0.264. The molecule has 1 atom stereocenters. The lowest BCUT2D eigenvalue weighted by Crippen LogP contribution is -2.46. The fraction of sp³-hybridized carbons (Fsp3) is 0.368. The van der Waals surface area contributed by atoms with Gasteiger partial charge in [-0.3, -0.25) is 9.89 Å². The number of halogens is 3. The molecule has 0 spiro atoms. The first-order valence-electron chi connectivity index (χ1n) is 9.27. The molecule has 8 nitrogen and oxygen atoms in total.